The summed E-state index contributed by atoms with van der Waals surface area (Å²) in [5.74, 6) is 0.0121. The number of aryl methyl sites for hydroxylation is 2. The highest BCUT2D eigenvalue weighted by Gasteiger charge is 2.30. The normalized spacial score (nSPS) is 19.5. The SMILES string of the molecule is Cc1ccc(C)c(NC(=O)[C@@H](C)N2CCN(C(=O)N3CCCC3)CC2)c1. The number of benzene rings is 1. The topological polar surface area (TPSA) is 55.9 Å². The van der Waals surface area contributed by atoms with Crippen LogP contribution in [0.15, 0.2) is 18.2 Å². The molecule has 3 amide bonds. The maximum Gasteiger partial charge on any atom is 0.320 e. The molecule has 6 heteroatoms. The molecule has 0 unspecified atom stereocenters. The molecule has 142 valence electrons. The Morgan fingerprint density at radius 3 is 2.23 bits per heavy atom. The Balaban J connectivity index is 1.52. The number of carbonyl (C=O) groups excluding carboxylic acids is 2. The highest BCUT2D eigenvalue weighted by Crippen LogP contribution is 2.18. The van der Waals surface area contributed by atoms with Gasteiger partial charge in [-0.3, -0.25) is 9.69 Å². The molecule has 2 aliphatic heterocycles. The van der Waals surface area contributed by atoms with Gasteiger partial charge in [-0.25, -0.2) is 4.79 Å². The quantitative estimate of drug-likeness (QED) is 0.903. The molecule has 26 heavy (non-hydrogen) atoms. The van der Waals surface area contributed by atoms with Crippen LogP contribution < -0.4 is 5.32 Å². The predicted molar refractivity (Wildman–Crippen MR) is 103 cm³/mol. The molecule has 3 rings (SSSR count). The third-order valence-electron chi connectivity index (χ3n) is 5.54. The van der Waals surface area contributed by atoms with Gasteiger partial charge in [-0.1, -0.05) is 12.1 Å². The average molecular weight is 358 g/mol. The Labute approximate surface area is 156 Å². The summed E-state index contributed by atoms with van der Waals surface area (Å²) < 4.78 is 0. The minimum Gasteiger partial charge on any atom is -0.325 e. The lowest BCUT2D eigenvalue weighted by molar-refractivity contribution is -0.121. The Kier molecular flexibility index (Phi) is 5.81. The zero-order chi connectivity index (χ0) is 18.7. The van der Waals surface area contributed by atoms with Crippen molar-refractivity contribution in [3.05, 3.63) is 29.3 Å². The standard InChI is InChI=1S/C20H30N4O2/c1-15-6-7-16(2)18(14-15)21-19(25)17(3)22-10-12-24(13-11-22)20(26)23-8-4-5-9-23/h6-7,14,17H,4-5,8-13H2,1-3H3,(H,21,25)/t17-/m1/s1. The molecule has 0 aromatic heterocycles. The Morgan fingerprint density at radius 1 is 0.962 bits per heavy atom. The second-order valence-corrected chi connectivity index (χ2v) is 7.48. The smallest absolute Gasteiger partial charge is 0.320 e. The van der Waals surface area contributed by atoms with E-state index in [1.165, 1.54) is 0 Å². The van der Waals surface area contributed by atoms with Gasteiger partial charge in [0.15, 0.2) is 0 Å². The van der Waals surface area contributed by atoms with Crippen molar-refractivity contribution in [2.75, 3.05) is 44.6 Å². The molecule has 2 saturated heterocycles. The van der Waals surface area contributed by atoms with Crippen molar-refractivity contribution >= 4 is 17.6 Å². The van der Waals surface area contributed by atoms with Gasteiger partial charge in [-0.15, -0.1) is 0 Å². The van der Waals surface area contributed by atoms with Crippen LogP contribution >= 0.6 is 0 Å². The van der Waals surface area contributed by atoms with E-state index in [2.05, 4.69) is 10.2 Å². The zero-order valence-corrected chi connectivity index (χ0v) is 16.1. The van der Waals surface area contributed by atoms with Crippen LogP contribution in [0.1, 0.15) is 30.9 Å². The van der Waals surface area contributed by atoms with E-state index in [9.17, 15) is 9.59 Å². The molecule has 1 aromatic rings. The van der Waals surface area contributed by atoms with Gasteiger partial charge < -0.3 is 15.1 Å². The molecule has 0 saturated carbocycles. The predicted octanol–water partition coefficient (Wildman–Crippen LogP) is 2.46. The summed E-state index contributed by atoms with van der Waals surface area (Å²) in [5.41, 5.74) is 3.08. The van der Waals surface area contributed by atoms with E-state index in [4.69, 9.17) is 0 Å². The fourth-order valence-corrected chi connectivity index (χ4v) is 3.68. The summed E-state index contributed by atoms with van der Waals surface area (Å²) >= 11 is 0. The summed E-state index contributed by atoms with van der Waals surface area (Å²) in [7, 11) is 0. The number of hydrogen-bond donors (Lipinski definition) is 1. The van der Waals surface area contributed by atoms with Gasteiger partial charge in [0.2, 0.25) is 5.91 Å². The number of urea groups is 1. The first-order chi connectivity index (χ1) is 12.5. The van der Waals surface area contributed by atoms with E-state index in [-0.39, 0.29) is 18.0 Å². The number of hydrogen-bond acceptors (Lipinski definition) is 3. The number of rotatable bonds is 3. The lowest BCUT2D eigenvalue weighted by atomic mass is 10.1. The third-order valence-corrected chi connectivity index (χ3v) is 5.54. The summed E-state index contributed by atoms with van der Waals surface area (Å²) in [6.07, 6.45) is 2.22. The van der Waals surface area contributed by atoms with Gasteiger partial charge >= 0.3 is 6.03 Å². The first-order valence-electron chi connectivity index (χ1n) is 9.62. The fourth-order valence-electron chi connectivity index (χ4n) is 3.68. The van der Waals surface area contributed by atoms with Crippen LogP contribution in [-0.2, 0) is 4.79 Å². The number of nitrogens with one attached hydrogen (secondary N) is 1. The summed E-state index contributed by atoms with van der Waals surface area (Å²) in [6, 6.07) is 6.03. The number of anilines is 1. The van der Waals surface area contributed by atoms with Crippen molar-refractivity contribution in [2.45, 2.75) is 39.7 Å². The van der Waals surface area contributed by atoms with Crippen LogP contribution in [0.4, 0.5) is 10.5 Å². The van der Waals surface area contributed by atoms with Crippen molar-refractivity contribution in [1.82, 2.24) is 14.7 Å². The van der Waals surface area contributed by atoms with E-state index in [0.29, 0.717) is 13.1 Å². The number of piperazine rings is 1. The lowest BCUT2D eigenvalue weighted by Gasteiger charge is -2.38. The molecular weight excluding hydrogens is 328 g/mol. The van der Waals surface area contributed by atoms with Crippen molar-refractivity contribution < 1.29 is 9.59 Å². The second-order valence-electron chi connectivity index (χ2n) is 7.48. The number of amides is 3. The van der Waals surface area contributed by atoms with E-state index in [0.717, 1.165) is 55.8 Å². The van der Waals surface area contributed by atoms with Gasteiger partial charge in [-0.05, 0) is 50.8 Å². The van der Waals surface area contributed by atoms with Crippen molar-refractivity contribution in [3.8, 4) is 0 Å². The summed E-state index contributed by atoms with van der Waals surface area (Å²) in [4.78, 5) is 31.2. The third kappa shape index (κ3) is 4.18. The Hall–Kier alpha value is -2.08. The monoisotopic (exact) mass is 358 g/mol. The molecule has 2 heterocycles. The van der Waals surface area contributed by atoms with E-state index >= 15 is 0 Å². The largest absolute Gasteiger partial charge is 0.325 e. The molecule has 2 aliphatic rings. The summed E-state index contributed by atoms with van der Waals surface area (Å²) in [6.45, 7) is 10.6. The van der Waals surface area contributed by atoms with Crippen molar-refractivity contribution in [2.24, 2.45) is 0 Å². The first kappa shape index (κ1) is 18.7. The number of nitrogens with zero attached hydrogens (tertiary/aromatic N) is 3. The van der Waals surface area contributed by atoms with Crippen LogP contribution in [0.5, 0.6) is 0 Å². The van der Waals surface area contributed by atoms with Gasteiger partial charge in [0, 0.05) is 45.0 Å². The van der Waals surface area contributed by atoms with Crippen LogP contribution in [0.3, 0.4) is 0 Å². The highest BCUT2D eigenvalue weighted by atomic mass is 16.2. The summed E-state index contributed by atoms with van der Waals surface area (Å²) in [5, 5.41) is 3.06. The molecule has 0 spiro atoms. The van der Waals surface area contributed by atoms with E-state index < -0.39 is 0 Å². The minimum atomic E-state index is -0.209. The maximum absolute atomic E-state index is 12.7. The average Bonchev–Trinajstić information content (AvgIpc) is 3.18. The Bertz CT molecular complexity index is 662. The van der Waals surface area contributed by atoms with Gasteiger partial charge in [-0.2, -0.15) is 0 Å². The zero-order valence-electron chi connectivity index (χ0n) is 16.1. The molecule has 1 N–H and O–H groups in total. The maximum atomic E-state index is 12.7. The van der Waals surface area contributed by atoms with Gasteiger partial charge in [0.1, 0.15) is 0 Å². The molecule has 1 atom stereocenters. The van der Waals surface area contributed by atoms with Crippen LogP contribution in [-0.4, -0.2) is 71.9 Å². The van der Waals surface area contributed by atoms with Crippen molar-refractivity contribution in [1.29, 1.82) is 0 Å². The molecule has 1 aromatic carbocycles. The molecule has 0 bridgehead atoms. The van der Waals surface area contributed by atoms with Gasteiger partial charge in [0.05, 0.1) is 6.04 Å². The highest BCUT2D eigenvalue weighted by molar-refractivity contribution is 5.95. The lowest BCUT2D eigenvalue weighted by Crippen LogP contribution is -2.56. The Morgan fingerprint density at radius 2 is 1.58 bits per heavy atom. The first-order valence-corrected chi connectivity index (χ1v) is 9.62. The molecule has 2 fully saturated rings. The minimum absolute atomic E-state index is 0.0121. The number of likely N-dealkylation sites (tertiary alicyclic amines) is 1. The van der Waals surface area contributed by atoms with Crippen molar-refractivity contribution in [3.63, 3.8) is 0 Å². The molecular formula is C20H30N4O2. The molecule has 0 radical (unpaired) electrons. The van der Waals surface area contributed by atoms with Crippen LogP contribution in [0.25, 0.3) is 0 Å². The second kappa shape index (κ2) is 8.08. The molecule has 6 nitrogen and oxygen atoms in total. The molecule has 0 aliphatic carbocycles. The van der Waals surface area contributed by atoms with E-state index in [1.54, 1.807) is 0 Å². The van der Waals surface area contributed by atoms with E-state index in [1.807, 2.05) is 48.8 Å². The van der Waals surface area contributed by atoms with Gasteiger partial charge in [0.25, 0.3) is 0 Å². The fraction of sp³-hybridized carbons (Fsp3) is 0.600. The van der Waals surface area contributed by atoms with Crippen LogP contribution in [0.2, 0.25) is 0 Å². The number of carbonyl (C=O) groups is 2. The van der Waals surface area contributed by atoms with Crippen LogP contribution in [0, 0.1) is 13.8 Å².